The molecule has 0 aromatic carbocycles. The third-order valence-corrected chi connectivity index (χ3v) is 5.45. The largest absolute Gasteiger partial charge is 0.467 e. The van der Waals surface area contributed by atoms with Crippen molar-refractivity contribution in [2.45, 2.75) is 20.4 Å². The van der Waals surface area contributed by atoms with Crippen molar-refractivity contribution < 1.29 is 4.42 Å². The SMILES string of the molecule is Cc1c(C)n(Cc2ccco2)c2ncn3nc(-c4cccs4)nc3c12. The molecule has 0 unspecified atom stereocenters. The van der Waals surface area contributed by atoms with E-state index in [9.17, 15) is 0 Å². The minimum Gasteiger partial charge on any atom is -0.467 e. The Morgan fingerprint density at radius 3 is 2.84 bits per heavy atom. The Morgan fingerprint density at radius 2 is 2.08 bits per heavy atom. The van der Waals surface area contributed by atoms with Crippen LogP contribution in [0.25, 0.3) is 27.4 Å². The van der Waals surface area contributed by atoms with Crippen molar-refractivity contribution >= 4 is 28.0 Å². The average Bonchev–Trinajstić information content (AvgIpc) is 3.39. The number of aryl methyl sites for hydroxylation is 1. The molecule has 0 amide bonds. The molecule has 5 aromatic heterocycles. The first kappa shape index (κ1) is 14.4. The van der Waals surface area contributed by atoms with E-state index in [0.29, 0.717) is 6.54 Å². The van der Waals surface area contributed by atoms with Crippen molar-refractivity contribution in [1.82, 2.24) is 24.1 Å². The summed E-state index contributed by atoms with van der Waals surface area (Å²) in [5, 5.41) is 7.66. The molecule has 0 saturated carbocycles. The highest BCUT2D eigenvalue weighted by atomic mass is 32.1. The second kappa shape index (κ2) is 5.29. The number of thiophene rings is 1. The maximum atomic E-state index is 5.51. The van der Waals surface area contributed by atoms with Crippen molar-refractivity contribution in [2.75, 3.05) is 0 Å². The summed E-state index contributed by atoms with van der Waals surface area (Å²) in [5.74, 6) is 1.64. The van der Waals surface area contributed by atoms with Crippen LogP contribution in [0, 0.1) is 13.8 Å². The minimum absolute atomic E-state index is 0.651. The van der Waals surface area contributed by atoms with Crippen LogP contribution >= 0.6 is 11.3 Å². The topological polar surface area (TPSA) is 61.2 Å². The van der Waals surface area contributed by atoms with E-state index in [2.05, 4.69) is 28.5 Å². The number of hydrogen-bond donors (Lipinski definition) is 0. The predicted octanol–water partition coefficient (Wildman–Crippen LogP) is 4.07. The summed E-state index contributed by atoms with van der Waals surface area (Å²) >= 11 is 1.64. The van der Waals surface area contributed by atoms with Crippen molar-refractivity contribution in [2.24, 2.45) is 0 Å². The maximum absolute atomic E-state index is 5.51. The smallest absolute Gasteiger partial charge is 0.192 e. The first-order valence-corrected chi connectivity index (χ1v) is 8.87. The van der Waals surface area contributed by atoms with E-state index in [4.69, 9.17) is 9.40 Å². The van der Waals surface area contributed by atoms with Gasteiger partial charge in [-0.15, -0.1) is 16.4 Å². The summed E-state index contributed by atoms with van der Waals surface area (Å²) in [6.45, 7) is 4.86. The monoisotopic (exact) mass is 349 g/mol. The van der Waals surface area contributed by atoms with Gasteiger partial charge in [-0.3, -0.25) is 0 Å². The maximum Gasteiger partial charge on any atom is 0.192 e. The molecule has 7 heteroatoms. The second-order valence-electron chi connectivity index (χ2n) is 6.00. The second-order valence-corrected chi connectivity index (χ2v) is 6.95. The summed E-state index contributed by atoms with van der Waals surface area (Å²) in [4.78, 5) is 10.5. The fourth-order valence-electron chi connectivity index (χ4n) is 3.19. The van der Waals surface area contributed by atoms with Gasteiger partial charge in [0.15, 0.2) is 11.5 Å². The molecule has 0 aliphatic carbocycles. The van der Waals surface area contributed by atoms with Crippen LogP contribution in [-0.4, -0.2) is 24.1 Å². The average molecular weight is 349 g/mol. The number of hydrogen-bond acceptors (Lipinski definition) is 5. The van der Waals surface area contributed by atoms with E-state index in [1.807, 2.05) is 29.6 Å². The number of fused-ring (bicyclic) bond motifs is 3. The molecule has 0 aliphatic heterocycles. The highest BCUT2D eigenvalue weighted by molar-refractivity contribution is 7.13. The van der Waals surface area contributed by atoms with Gasteiger partial charge in [0.2, 0.25) is 0 Å². The molecule has 0 bridgehead atoms. The highest BCUT2D eigenvalue weighted by Crippen LogP contribution is 2.29. The van der Waals surface area contributed by atoms with Gasteiger partial charge in [0, 0.05) is 5.69 Å². The van der Waals surface area contributed by atoms with Crippen LogP contribution in [0.3, 0.4) is 0 Å². The standard InChI is InChI=1S/C18H15N5OS/c1-11-12(2)22(9-13-5-3-7-24-13)17-15(11)18-20-16(14-6-4-8-25-14)21-23(18)10-19-17/h3-8,10H,9H2,1-2H3. The summed E-state index contributed by atoms with van der Waals surface area (Å²) in [6, 6.07) is 7.92. The molecular formula is C18H15N5OS. The lowest BCUT2D eigenvalue weighted by Gasteiger charge is -2.05. The first-order chi connectivity index (χ1) is 12.2. The molecule has 0 spiro atoms. The van der Waals surface area contributed by atoms with E-state index in [0.717, 1.165) is 38.8 Å². The lowest BCUT2D eigenvalue weighted by Crippen LogP contribution is -2.02. The van der Waals surface area contributed by atoms with Gasteiger partial charge in [-0.05, 0) is 43.0 Å². The van der Waals surface area contributed by atoms with E-state index in [1.165, 1.54) is 5.56 Å². The van der Waals surface area contributed by atoms with E-state index in [1.54, 1.807) is 28.4 Å². The van der Waals surface area contributed by atoms with Crippen molar-refractivity contribution in [1.29, 1.82) is 0 Å². The molecule has 25 heavy (non-hydrogen) atoms. The van der Waals surface area contributed by atoms with Gasteiger partial charge in [0.25, 0.3) is 0 Å². The Labute approximate surface area is 147 Å². The quantitative estimate of drug-likeness (QED) is 0.493. The highest BCUT2D eigenvalue weighted by Gasteiger charge is 2.19. The molecule has 6 nitrogen and oxygen atoms in total. The van der Waals surface area contributed by atoms with E-state index in [-0.39, 0.29) is 0 Å². The lowest BCUT2D eigenvalue weighted by atomic mass is 10.2. The van der Waals surface area contributed by atoms with Gasteiger partial charge in [-0.1, -0.05) is 6.07 Å². The fourth-order valence-corrected chi connectivity index (χ4v) is 3.85. The van der Waals surface area contributed by atoms with Crippen LogP contribution in [0.5, 0.6) is 0 Å². The molecule has 5 heterocycles. The van der Waals surface area contributed by atoms with Crippen molar-refractivity contribution in [3.8, 4) is 10.7 Å². The molecule has 0 N–H and O–H groups in total. The molecule has 5 rings (SSSR count). The van der Waals surface area contributed by atoms with Gasteiger partial charge in [0.05, 0.1) is 23.1 Å². The van der Waals surface area contributed by atoms with E-state index < -0.39 is 0 Å². The van der Waals surface area contributed by atoms with Gasteiger partial charge in [-0.2, -0.15) is 0 Å². The fraction of sp³-hybridized carbons (Fsp3) is 0.167. The molecule has 124 valence electrons. The summed E-state index contributed by atoms with van der Waals surface area (Å²) < 4.78 is 9.45. The summed E-state index contributed by atoms with van der Waals surface area (Å²) in [5.41, 5.74) is 4.08. The van der Waals surface area contributed by atoms with Crippen molar-refractivity contribution in [3.63, 3.8) is 0 Å². The van der Waals surface area contributed by atoms with Gasteiger partial charge >= 0.3 is 0 Å². The van der Waals surface area contributed by atoms with E-state index >= 15 is 0 Å². The molecule has 0 aliphatic rings. The summed E-state index contributed by atoms with van der Waals surface area (Å²) in [7, 11) is 0. The number of furan rings is 1. The predicted molar refractivity (Wildman–Crippen MR) is 96.9 cm³/mol. The van der Waals surface area contributed by atoms with Gasteiger partial charge in [-0.25, -0.2) is 14.5 Å². The number of aromatic nitrogens is 5. The van der Waals surface area contributed by atoms with Crippen LogP contribution < -0.4 is 0 Å². The summed E-state index contributed by atoms with van der Waals surface area (Å²) in [6.07, 6.45) is 3.43. The Hall–Kier alpha value is -2.93. The zero-order chi connectivity index (χ0) is 17.0. The Bertz CT molecular complexity index is 1180. The molecule has 0 radical (unpaired) electrons. The molecule has 0 saturated heterocycles. The Balaban J connectivity index is 1.76. The Kier molecular flexibility index (Phi) is 3.05. The first-order valence-electron chi connectivity index (χ1n) is 7.99. The third kappa shape index (κ3) is 2.12. The van der Waals surface area contributed by atoms with Crippen LogP contribution in [-0.2, 0) is 6.54 Å². The zero-order valence-corrected chi connectivity index (χ0v) is 14.6. The normalized spacial score (nSPS) is 11.8. The zero-order valence-electron chi connectivity index (χ0n) is 13.8. The molecule has 5 aromatic rings. The van der Waals surface area contributed by atoms with Crippen LogP contribution in [0.1, 0.15) is 17.0 Å². The Morgan fingerprint density at radius 1 is 1.16 bits per heavy atom. The van der Waals surface area contributed by atoms with Crippen LogP contribution in [0.2, 0.25) is 0 Å². The molecular weight excluding hydrogens is 334 g/mol. The van der Waals surface area contributed by atoms with Crippen LogP contribution in [0.15, 0.2) is 46.7 Å². The molecule has 0 atom stereocenters. The van der Waals surface area contributed by atoms with Crippen LogP contribution in [0.4, 0.5) is 0 Å². The number of nitrogens with zero attached hydrogens (tertiary/aromatic N) is 5. The third-order valence-electron chi connectivity index (χ3n) is 4.58. The number of rotatable bonds is 3. The molecule has 0 fully saturated rings. The minimum atomic E-state index is 0.651. The lowest BCUT2D eigenvalue weighted by molar-refractivity contribution is 0.494. The van der Waals surface area contributed by atoms with Gasteiger partial charge in [0.1, 0.15) is 17.7 Å². The van der Waals surface area contributed by atoms with Crippen molar-refractivity contribution in [3.05, 3.63) is 59.3 Å². The van der Waals surface area contributed by atoms with Gasteiger partial charge < -0.3 is 8.98 Å².